The van der Waals surface area contributed by atoms with Crippen LogP contribution in [0, 0.1) is 0 Å². The Hall–Kier alpha value is -3.04. The summed E-state index contributed by atoms with van der Waals surface area (Å²) in [7, 11) is 0. The first-order valence-corrected chi connectivity index (χ1v) is 10.1. The Morgan fingerprint density at radius 1 is 1.10 bits per heavy atom. The lowest BCUT2D eigenvalue weighted by Gasteiger charge is -2.25. The topological polar surface area (TPSA) is 92.8 Å². The van der Waals surface area contributed by atoms with Crippen LogP contribution in [-0.4, -0.2) is 22.7 Å². The molecule has 2 aromatic heterocycles. The second-order valence-corrected chi connectivity index (χ2v) is 7.89. The molecule has 3 aromatic rings. The van der Waals surface area contributed by atoms with Gasteiger partial charge in [0.1, 0.15) is 17.1 Å². The van der Waals surface area contributed by atoms with Crippen LogP contribution in [0.25, 0.3) is 6.08 Å². The SMILES string of the molecule is O=C1NC(=O)N(Cc2ccco2)C(=O)/C1=C/c1cc(Br)c(Sc2ccccc2)o1. The zero-order chi connectivity index (χ0) is 20.4. The van der Waals surface area contributed by atoms with E-state index in [-0.39, 0.29) is 12.1 Å². The lowest BCUT2D eigenvalue weighted by Crippen LogP contribution is -2.53. The molecule has 0 atom stereocenters. The second-order valence-electron chi connectivity index (χ2n) is 5.99. The van der Waals surface area contributed by atoms with Gasteiger partial charge >= 0.3 is 6.03 Å². The number of carbonyl (C=O) groups is 3. The molecule has 0 spiro atoms. The number of hydrogen-bond donors (Lipinski definition) is 1. The van der Waals surface area contributed by atoms with Gasteiger partial charge in [0.25, 0.3) is 11.8 Å². The molecule has 1 fully saturated rings. The Balaban J connectivity index is 1.59. The molecule has 0 saturated carbocycles. The van der Waals surface area contributed by atoms with Crippen molar-refractivity contribution < 1.29 is 23.2 Å². The molecule has 29 heavy (non-hydrogen) atoms. The van der Waals surface area contributed by atoms with Gasteiger partial charge in [-0.2, -0.15) is 0 Å². The van der Waals surface area contributed by atoms with Gasteiger partial charge in [-0.3, -0.25) is 19.8 Å². The van der Waals surface area contributed by atoms with Gasteiger partial charge in [-0.05, 0) is 52.3 Å². The summed E-state index contributed by atoms with van der Waals surface area (Å²) in [5.74, 6) is -0.772. The van der Waals surface area contributed by atoms with E-state index in [0.717, 1.165) is 9.80 Å². The van der Waals surface area contributed by atoms with Crippen LogP contribution in [0.1, 0.15) is 11.5 Å². The molecule has 7 nitrogen and oxygen atoms in total. The van der Waals surface area contributed by atoms with Crippen molar-refractivity contribution in [1.29, 1.82) is 0 Å². The van der Waals surface area contributed by atoms with Gasteiger partial charge in [0.2, 0.25) is 0 Å². The number of nitrogens with zero attached hydrogens (tertiary/aromatic N) is 1. The third kappa shape index (κ3) is 4.20. The first-order valence-electron chi connectivity index (χ1n) is 8.45. The van der Waals surface area contributed by atoms with E-state index in [1.165, 1.54) is 24.1 Å². The first kappa shape index (κ1) is 19.3. The Kier molecular flexibility index (Phi) is 5.41. The molecule has 0 bridgehead atoms. The van der Waals surface area contributed by atoms with Gasteiger partial charge in [0.05, 0.1) is 17.3 Å². The average Bonchev–Trinajstić information content (AvgIpc) is 3.33. The summed E-state index contributed by atoms with van der Waals surface area (Å²) in [6.07, 6.45) is 2.76. The summed E-state index contributed by atoms with van der Waals surface area (Å²) in [5, 5.41) is 2.74. The van der Waals surface area contributed by atoms with E-state index >= 15 is 0 Å². The molecule has 1 saturated heterocycles. The van der Waals surface area contributed by atoms with E-state index in [1.54, 1.807) is 18.2 Å². The molecule has 0 unspecified atom stereocenters. The van der Waals surface area contributed by atoms with Gasteiger partial charge in [0.15, 0.2) is 5.09 Å². The normalized spacial score (nSPS) is 15.8. The molecule has 4 amide bonds. The zero-order valence-electron chi connectivity index (χ0n) is 14.8. The molecular weight excluding hydrogens is 460 g/mol. The molecule has 146 valence electrons. The molecule has 1 N–H and O–H groups in total. The Morgan fingerprint density at radius 3 is 2.62 bits per heavy atom. The number of carbonyl (C=O) groups excluding carboxylic acids is 3. The number of nitrogens with one attached hydrogen (secondary N) is 1. The predicted molar refractivity (Wildman–Crippen MR) is 108 cm³/mol. The van der Waals surface area contributed by atoms with Gasteiger partial charge in [-0.15, -0.1) is 0 Å². The van der Waals surface area contributed by atoms with Crippen molar-refractivity contribution in [3.05, 3.63) is 76.4 Å². The lowest BCUT2D eigenvalue weighted by atomic mass is 10.1. The Bertz CT molecular complexity index is 1110. The van der Waals surface area contributed by atoms with Crippen molar-refractivity contribution in [1.82, 2.24) is 10.2 Å². The van der Waals surface area contributed by atoms with Crippen LogP contribution in [0.4, 0.5) is 4.79 Å². The van der Waals surface area contributed by atoms with Crippen molar-refractivity contribution in [2.75, 3.05) is 0 Å². The molecule has 0 radical (unpaired) electrons. The highest BCUT2D eigenvalue weighted by molar-refractivity contribution is 9.10. The highest BCUT2D eigenvalue weighted by atomic mass is 79.9. The molecule has 0 aliphatic carbocycles. The van der Waals surface area contributed by atoms with Crippen molar-refractivity contribution in [3.63, 3.8) is 0 Å². The number of benzene rings is 1. The third-order valence-corrected chi connectivity index (χ3v) is 5.84. The van der Waals surface area contributed by atoms with Gasteiger partial charge < -0.3 is 8.83 Å². The van der Waals surface area contributed by atoms with Gasteiger partial charge in [-0.1, -0.05) is 30.0 Å². The molecule has 3 heterocycles. The lowest BCUT2D eigenvalue weighted by molar-refractivity contribution is -0.130. The van der Waals surface area contributed by atoms with E-state index < -0.39 is 17.8 Å². The monoisotopic (exact) mass is 472 g/mol. The van der Waals surface area contributed by atoms with E-state index in [1.807, 2.05) is 30.3 Å². The summed E-state index contributed by atoms with van der Waals surface area (Å²) in [5.41, 5.74) is -0.200. The summed E-state index contributed by atoms with van der Waals surface area (Å²) >= 11 is 4.82. The highest BCUT2D eigenvalue weighted by Gasteiger charge is 2.36. The smallest absolute Gasteiger partial charge is 0.331 e. The first-order chi connectivity index (χ1) is 14.0. The van der Waals surface area contributed by atoms with Crippen LogP contribution >= 0.6 is 27.7 Å². The molecule has 1 aromatic carbocycles. The number of furan rings is 2. The second kappa shape index (κ2) is 8.14. The minimum absolute atomic E-state index is 0.0841. The highest BCUT2D eigenvalue weighted by Crippen LogP contribution is 2.36. The third-order valence-electron chi connectivity index (χ3n) is 3.99. The maximum absolute atomic E-state index is 12.7. The number of amides is 4. The number of urea groups is 1. The van der Waals surface area contributed by atoms with E-state index in [0.29, 0.717) is 21.1 Å². The van der Waals surface area contributed by atoms with Crippen LogP contribution in [0.15, 0.2) is 83.7 Å². The summed E-state index contributed by atoms with van der Waals surface area (Å²) < 4.78 is 11.6. The van der Waals surface area contributed by atoms with Crippen LogP contribution in [0.5, 0.6) is 0 Å². The molecule has 4 rings (SSSR count). The molecule has 1 aliphatic rings. The predicted octanol–water partition coefficient (Wildman–Crippen LogP) is 4.45. The average molecular weight is 473 g/mol. The Labute approximate surface area is 177 Å². The summed E-state index contributed by atoms with van der Waals surface area (Å²) in [4.78, 5) is 38.9. The van der Waals surface area contributed by atoms with Crippen molar-refractivity contribution in [2.24, 2.45) is 0 Å². The molecular formula is C20H13BrN2O5S. The maximum atomic E-state index is 12.7. The van der Waals surface area contributed by atoms with Crippen LogP contribution in [0.3, 0.4) is 0 Å². The standard InChI is InChI=1S/C20H13BrN2O5S/c21-16-10-13(28-19(16)29-14-6-2-1-3-7-14)9-15-17(24)22-20(26)23(18(15)25)11-12-5-4-8-27-12/h1-10H,11H2,(H,22,24,26)/b15-9+. The minimum Gasteiger partial charge on any atom is -0.467 e. The van der Waals surface area contributed by atoms with Crippen LogP contribution in [0.2, 0.25) is 0 Å². The Morgan fingerprint density at radius 2 is 1.90 bits per heavy atom. The van der Waals surface area contributed by atoms with Crippen molar-refractivity contribution in [3.8, 4) is 0 Å². The fraction of sp³-hybridized carbons (Fsp3) is 0.0500. The number of hydrogen-bond acceptors (Lipinski definition) is 6. The largest absolute Gasteiger partial charge is 0.467 e. The quantitative estimate of drug-likeness (QED) is 0.435. The maximum Gasteiger partial charge on any atom is 0.331 e. The fourth-order valence-electron chi connectivity index (χ4n) is 2.64. The number of barbiturate groups is 1. The summed E-state index contributed by atoms with van der Waals surface area (Å²) in [6, 6.07) is 13.8. The molecule has 9 heteroatoms. The van der Waals surface area contributed by atoms with Crippen molar-refractivity contribution >= 4 is 51.6 Å². The molecule has 1 aliphatic heterocycles. The van der Waals surface area contributed by atoms with Crippen LogP contribution in [-0.2, 0) is 16.1 Å². The summed E-state index contributed by atoms with van der Waals surface area (Å²) in [6.45, 7) is -0.0841. The van der Waals surface area contributed by atoms with Gasteiger partial charge in [-0.25, -0.2) is 4.79 Å². The fourth-order valence-corrected chi connectivity index (χ4v) is 3.99. The van der Waals surface area contributed by atoms with Crippen molar-refractivity contribution in [2.45, 2.75) is 16.5 Å². The van der Waals surface area contributed by atoms with E-state index in [2.05, 4.69) is 21.2 Å². The number of imide groups is 2. The van der Waals surface area contributed by atoms with Crippen LogP contribution < -0.4 is 5.32 Å². The number of rotatable bonds is 5. The zero-order valence-corrected chi connectivity index (χ0v) is 17.2. The number of halogens is 1. The van der Waals surface area contributed by atoms with E-state index in [4.69, 9.17) is 8.83 Å². The van der Waals surface area contributed by atoms with Gasteiger partial charge in [0, 0.05) is 4.90 Å². The minimum atomic E-state index is -0.797. The van der Waals surface area contributed by atoms with E-state index in [9.17, 15) is 14.4 Å².